The van der Waals surface area contributed by atoms with Crippen LogP contribution in [0.3, 0.4) is 0 Å². The Bertz CT molecular complexity index is 610. The molecule has 6 nitrogen and oxygen atoms in total. The van der Waals surface area contributed by atoms with Gasteiger partial charge in [0.2, 0.25) is 15.9 Å². The Morgan fingerprint density at radius 1 is 1.27 bits per heavy atom. The smallest absolute Gasteiger partial charge is 0.225 e. The Morgan fingerprint density at radius 2 is 1.95 bits per heavy atom. The second kappa shape index (κ2) is 7.71. The summed E-state index contributed by atoms with van der Waals surface area (Å²) in [6.45, 7) is 4.29. The van der Waals surface area contributed by atoms with Crippen LogP contribution in [0, 0.1) is 0 Å². The lowest BCUT2D eigenvalue weighted by molar-refractivity contribution is -0.115. The van der Waals surface area contributed by atoms with E-state index in [9.17, 15) is 13.2 Å². The van der Waals surface area contributed by atoms with Gasteiger partial charge in [0.15, 0.2) is 0 Å². The molecule has 1 aromatic carbocycles. The van der Waals surface area contributed by atoms with Gasteiger partial charge in [-0.1, -0.05) is 25.1 Å². The summed E-state index contributed by atoms with van der Waals surface area (Å²) in [5, 5.41) is 5.91. The van der Waals surface area contributed by atoms with Gasteiger partial charge in [-0.2, -0.15) is 4.31 Å². The molecule has 1 fully saturated rings. The minimum Gasteiger partial charge on any atom is -0.326 e. The average molecular weight is 325 g/mol. The predicted octanol–water partition coefficient (Wildman–Crippen LogP) is 0.813. The molecule has 0 radical (unpaired) electrons. The van der Waals surface area contributed by atoms with Crippen LogP contribution in [0.2, 0.25) is 0 Å². The number of benzene rings is 1. The molecule has 0 bridgehead atoms. The first-order chi connectivity index (χ1) is 10.5. The van der Waals surface area contributed by atoms with Crippen molar-refractivity contribution in [3.8, 4) is 0 Å². The summed E-state index contributed by atoms with van der Waals surface area (Å²) in [5.74, 6) is -0.410. The van der Waals surface area contributed by atoms with E-state index in [0.717, 1.165) is 17.7 Å². The Kier molecular flexibility index (Phi) is 5.93. The van der Waals surface area contributed by atoms with Gasteiger partial charge >= 0.3 is 0 Å². The fourth-order valence-electron chi connectivity index (χ4n) is 2.44. The van der Waals surface area contributed by atoms with Crippen LogP contribution in [0.15, 0.2) is 24.3 Å². The minimum absolute atomic E-state index is 0.0235. The largest absolute Gasteiger partial charge is 0.326 e. The molecule has 0 saturated carbocycles. The molecule has 0 aromatic heterocycles. The van der Waals surface area contributed by atoms with E-state index in [1.165, 1.54) is 4.31 Å². The number of piperazine rings is 1. The van der Waals surface area contributed by atoms with E-state index in [1.54, 1.807) is 0 Å². The molecule has 1 heterocycles. The van der Waals surface area contributed by atoms with Crippen molar-refractivity contribution >= 4 is 21.6 Å². The highest BCUT2D eigenvalue weighted by atomic mass is 32.2. The van der Waals surface area contributed by atoms with Crippen molar-refractivity contribution < 1.29 is 13.2 Å². The molecule has 7 heteroatoms. The number of carbonyl (C=O) groups excluding carboxylic acids is 1. The quantitative estimate of drug-likeness (QED) is 0.811. The summed E-state index contributed by atoms with van der Waals surface area (Å²) in [6.07, 6.45) is 0.792. The number of anilines is 1. The molecule has 22 heavy (non-hydrogen) atoms. The van der Waals surface area contributed by atoms with E-state index in [0.29, 0.717) is 26.2 Å². The van der Waals surface area contributed by atoms with Gasteiger partial charge in [-0.25, -0.2) is 8.42 Å². The lowest BCUT2D eigenvalue weighted by atomic mass is 10.1. The van der Waals surface area contributed by atoms with Crippen LogP contribution < -0.4 is 10.6 Å². The molecular weight excluding hydrogens is 302 g/mol. The number of hydrogen-bond donors (Lipinski definition) is 2. The number of carbonyl (C=O) groups is 1. The lowest BCUT2D eigenvalue weighted by Crippen LogP contribution is -2.47. The Balaban J connectivity index is 1.89. The molecule has 1 saturated heterocycles. The predicted molar refractivity (Wildman–Crippen MR) is 87.3 cm³/mol. The van der Waals surface area contributed by atoms with E-state index < -0.39 is 10.0 Å². The molecule has 1 aliphatic rings. The maximum absolute atomic E-state index is 12.2. The number of hydrogen-bond acceptors (Lipinski definition) is 4. The fraction of sp³-hybridized carbons (Fsp3) is 0.533. The molecule has 0 spiro atoms. The molecule has 1 amide bonds. The Labute approximate surface area is 131 Å². The minimum atomic E-state index is -3.35. The highest BCUT2D eigenvalue weighted by molar-refractivity contribution is 7.89. The fourth-order valence-corrected chi connectivity index (χ4v) is 3.88. The van der Waals surface area contributed by atoms with Crippen molar-refractivity contribution in [3.63, 3.8) is 0 Å². The summed E-state index contributed by atoms with van der Waals surface area (Å²) in [6, 6.07) is 7.56. The molecule has 0 unspecified atom stereocenters. The standard InChI is InChI=1S/C15H23N3O3S/c1-2-13-5-3-4-6-14(13)17-15(19)7-12-22(20,21)18-10-8-16-9-11-18/h3-6,16H,2,7-12H2,1H3,(H,17,19). The van der Waals surface area contributed by atoms with Gasteiger partial charge in [0, 0.05) is 38.3 Å². The van der Waals surface area contributed by atoms with E-state index in [2.05, 4.69) is 10.6 Å². The molecule has 1 aliphatic heterocycles. The molecule has 0 atom stereocenters. The molecular formula is C15H23N3O3S. The Morgan fingerprint density at radius 3 is 2.64 bits per heavy atom. The van der Waals surface area contributed by atoms with E-state index in [-0.39, 0.29) is 18.1 Å². The second-order valence-electron chi connectivity index (χ2n) is 5.27. The van der Waals surface area contributed by atoms with Crippen molar-refractivity contribution in [2.75, 3.05) is 37.2 Å². The summed E-state index contributed by atoms with van der Waals surface area (Å²) in [5.41, 5.74) is 1.80. The molecule has 122 valence electrons. The van der Waals surface area contributed by atoms with Crippen molar-refractivity contribution in [2.24, 2.45) is 0 Å². The van der Waals surface area contributed by atoms with E-state index in [4.69, 9.17) is 0 Å². The van der Waals surface area contributed by atoms with Crippen molar-refractivity contribution in [2.45, 2.75) is 19.8 Å². The zero-order valence-electron chi connectivity index (χ0n) is 12.8. The summed E-state index contributed by atoms with van der Waals surface area (Å²) in [7, 11) is -3.35. The third-order valence-electron chi connectivity index (χ3n) is 3.73. The first kappa shape index (κ1) is 16.9. The van der Waals surface area contributed by atoms with Gasteiger partial charge in [-0.3, -0.25) is 4.79 Å². The average Bonchev–Trinajstić information content (AvgIpc) is 2.54. The van der Waals surface area contributed by atoms with Crippen molar-refractivity contribution in [3.05, 3.63) is 29.8 Å². The number of rotatable bonds is 6. The van der Waals surface area contributed by atoms with Gasteiger partial charge in [0.25, 0.3) is 0 Å². The van der Waals surface area contributed by atoms with Crippen LogP contribution in [0.1, 0.15) is 18.9 Å². The summed E-state index contributed by atoms with van der Waals surface area (Å²) >= 11 is 0. The maximum Gasteiger partial charge on any atom is 0.225 e. The van der Waals surface area contributed by atoms with Gasteiger partial charge in [0.1, 0.15) is 0 Å². The van der Waals surface area contributed by atoms with E-state index in [1.807, 2.05) is 31.2 Å². The second-order valence-corrected chi connectivity index (χ2v) is 7.36. The third kappa shape index (κ3) is 4.53. The number of nitrogens with one attached hydrogen (secondary N) is 2. The highest BCUT2D eigenvalue weighted by Crippen LogP contribution is 2.16. The van der Waals surface area contributed by atoms with Crippen LogP contribution in [-0.4, -0.2) is 50.6 Å². The number of amides is 1. The normalized spacial score (nSPS) is 16.4. The van der Waals surface area contributed by atoms with Crippen LogP contribution in [0.5, 0.6) is 0 Å². The van der Waals surface area contributed by atoms with Gasteiger partial charge in [-0.05, 0) is 18.1 Å². The van der Waals surface area contributed by atoms with Crippen LogP contribution in [0.25, 0.3) is 0 Å². The molecule has 2 N–H and O–H groups in total. The van der Waals surface area contributed by atoms with Crippen LogP contribution in [-0.2, 0) is 21.2 Å². The summed E-state index contributed by atoms with van der Waals surface area (Å²) in [4.78, 5) is 12.0. The monoisotopic (exact) mass is 325 g/mol. The number of nitrogens with zero attached hydrogens (tertiary/aromatic N) is 1. The molecule has 0 aliphatic carbocycles. The Hall–Kier alpha value is -1.44. The highest BCUT2D eigenvalue weighted by Gasteiger charge is 2.24. The van der Waals surface area contributed by atoms with Crippen LogP contribution >= 0.6 is 0 Å². The summed E-state index contributed by atoms with van der Waals surface area (Å²) < 4.78 is 25.8. The van der Waals surface area contributed by atoms with Crippen molar-refractivity contribution in [1.29, 1.82) is 0 Å². The van der Waals surface area contributed by atoms with E-state index >= 15 is 0 Å². The topological polar surface area (TPSA) is 78.5 Å². The van der Waals surface area contributed by atoms with Crippen molar-refractivity contribution in [1.82, 2.24) is 9.62 Å². The first-order valence-electron chi connectivity index (χ1n) is 7.59. The molecule has 2 rings (SSSR count). The molecule has 1 aromatic rings. The first-order valence-corrected chi connectivity index (χ1v) is 9.20. The van der Waals surface area contributed by atoms with Gasteiger partial charge < -0.3 is 10.6 Å². The SMILES string of the molecule is CCc1ccccc1NC(=O)CCS(=O)(=O)N1CCNCC1. The maximum atomic E-state index is 12.2. The van der Waals surface area contributed by atoms with Crippen LogP contribution in [0.4, 0.5) is 5.69 Å². The number of aryl methyl sites for hydroxylation is 1. The lowest BCUT2D eigenvalue weighted by Gasteiger charge is -2.26. The zero-order valence-corrected chi connectivity index (χ0v) is 13.7. The zero-order chi connectivity index (χ0) is 16.0. The number of sulfonamides is 1. The van der Waals surface area contributed by atoms with Gasteiger partial charge in [-0.15, -0.1) is 0 Å². The number of para-hydroxylation sites is 1. The van der Waals surface area contributed by atoms with Gasteiger partial charge in [0.05, 0.1) is 5.75 Å². The third-order valence-corrected chi connectivity index (χ3v) is 5.60.